The summed E-state index contributed by atoms with van der Waals surface area (Å²) >= 11 is 0. The fourth-order valence-electron chi connectivity index (χ4n) is 1.36. The normalized spacial score (nSPS) is 11.4. The molecule has 0 spiro atoms. The van der Waals surface area contributed by atoms with Crippen molar-refractivity contribution in [3.63, 3.8) is 0 Å². The third kappa shape index (κ3) is 3.88. The van der Waals surface area contributed by atoms with E-state index in [9.17, 15) is 18.0 Å². The van der Waals surface area contributed by atoms with E-state index in [0.717, 1.165) is 0 Å². The van der Waals surface area contributed by atoms with Crippen molar-refractivity contribution >= 4 is 5.97 Å². The second kappa shape index (κ2) is 5.21. The molecule has 0 aromatic carbocycles. The van der Waals surface area contributed by atoms with Gasteiger partial charge in [-0.15, -0.1) is 13.2 Å². The smallest absolute Gasteiger partial charge is 0.481 e. The van der Waals surface area contributed by atoms with Crippen LogP contribution in [-0.4, -0.2) is 22.4 Å². The van der Waals surface area contributed by atoms with Gasteiger partial charge in [0.15, 0.2) is 0 Å². The van der Waals surface area contributed by atoms with Crippen LogP contribution in [0.25, 0.3) is 0 Å². The number of ether oxygens (including phenoxy) is 1. The third-order valence-electron chi connectivity index (χ3n) is 2.15. The Morgan fingerprint density at radius 2 is 2.17 bits per heavy atom. The summed E-state index contributed by atoms with van der Waals surface area (Å²) in [6.45, 7) is 1.34. The number of hydrogen-bond acceptors (Lipinski definition) is 4. The second-order valence-electron chi connectivity index (χ2n) is 3.53. The van der Waals surface area contributed by atoms with Crippen molar-refractivity contribution in [2.24, 2.45) is 5.73 Å². The molecule has 1 heterocycles. The molecule has 0 unspecified atom stereocenters. The first kappa shape index (κ1) is 14.2. The predicted molar refractivity (Wildman–Crippen MR) is 54.9 cm³/mol. The number of aliphatic carboxylic acids is 1. The summed E-state index contributed by atoms with van der Waals surface area (Å²) in [5.74, 6) is -1.87. The highest BCUT2D eigenvalue weighted by molar-refractivity contribution is 5.69. The largest absolute Gasteiger partial charge is 0.574 e. The summed E-state index contributed by atoms with van der Waals surface area (Å²) in [4.78, 5) is 14.0. The molecule has 0 amide bonds. The van der Waals surface area contributed by atoms with Crippen molar-refractivity contribution in [2.75, 3.05) is 0 Å². The van der Waals surface area contributed by atoms with E-state index in [1.165, 1.54) is 13.0 Å². The average Bonchev–Trinajstić information content (AvgIpc) is 2.19. The zero-order valence-electron chi connectivity index (χ0n) is 9.41. The Kier molecular flexibility index (Phi) is 4.12. The van der Waals surface area contributed by atoms with Gasteiger partial charge >= 0.3 is 12.3 Å². The number of carboxylic acid groups (broad SMARTS) is 1. The van der Waals surface area contributed by atoms with Gasteiger partial charge in [0.05, 0.1) is 12.1 Å². The van der Waals surface area contributed by atoms with Crippen LogP contribution in [0.15, 0.2) is 6.07 Å². The molecule has 1 aromatic heterocycles. The minimum Gasteiger partial charge on any atom is -0.481 e. The topological polar surface area (TPSA) is 85.4 Å². The summed E-state index contributed by atoms with van der Waals surface area (Å²) in [6.07, 6.45) is -5.38. The van der Waals surface area contributed by atoms with Crippen LogP contribution in [0.1, 0.15) is 16.8 Å². The third-order valence-corrected chi connectivity index (χ3v) is 2.15. The maximum Gasteiger partial charge on any atom is 0.574 e. The first-order valence-electron chi connectivity index (χ1n) is 4.90. The van der Waals surface area contributed by atoms with Crippen LogP contribution >= 0.6 is 0 Å². The van der Waals surface area contributed by atoms with Crippen molar-refractivity contribution in [1.29, 1.82) is 0 Å². The quantitative estimate of drug-likeness (QED) is 0.857. The van der Waals surface area contributed by atoms with Gasteiger partial charge in [-0.1, -0.05) is 0 Å². The Morgan fingerprint density at radius 1 is 1.56 bits per heavy atom. The molecule has 0 radical (unpaired) electrons. The van der Waals surface area contributed by atoms with Crippen molar-refractivity contribution in [1.82, 2.24) is 4.98 Å². The first-order valence-corrected chi connectivity index (χ1v) is 4.90. The van der Waals surface area contributed by atoms with Crippen molar-refractivity contribution in [3.05, 3.63) is 22.9 Å². The van der Waals surface area contributed by atoms with Gasteiger partial charge in [-0.2, -0.15) is 0 Å². The molecular weight excluding hydrogens is 253 g/mol. The lowest BCUT2D eigenvalue weighted by Gasteiger charge is -2.14. The summed E-state index contributed by atoms with van der Waals surface area (Å²) in [7, 11) is 0. The number of carbonyl (C=O) groups is 1. The molecule has 3 N–H and O–H groups in total. The van der Waals surface area contributed by atoms with Crippen LogP contribution in [-0.2, 0) is 17.8 Å². The molecule has 0 saturated heterocycles. The minimum absolute atomic E-state index is 0.0326. The molecule has 0 aliphatic heterocycles. The number of halogens is 3. The number of alkyl halides is 3. The van der Waals surface area contributed by atoms with Crippen LogP contribution < -0.4 is 10.5 Å². The lowest BCUT2D eigenvalue weighted by atomic mass is 10.1. The van der Waals surface area contributed by atoms with Gasteiger partial charge in [0.25, 0.3) is 0 Å². The number of nitrogens with two attached hydrogens (primary N) is 1. The molecule has 1 rings (SSSR count). The van der Waals surface area contributed by atoms with Gasteiger partial charge in [0.1, 0.15) is 0 Å². The summed E-state index contributed by atoms with van der Waals surface area (Å²) in [5.41, 5.74) is 5.84. The maximum atomic E-state index is 12.1. The molecule has 0 fully saturated rings. The van der Waals surface area contributed by atoms with E-state index >= 15 is 0 Å². The van der Waals surface area contributed by atoms with Crippen molar-refractivity contribution < 1.29 is 27.8 Å². The Balaban J connectivity index is 3.18. The lowest BCUT2D eigenvalue weighted by molar-refractivity contribution is -0.276. The highest BCUT2D eigenvalue weighted by Crippen LogP contribution is 2.26. The molecule has 0 saturated carbocycles. The minimum atomic E-state index is -4.88. The molecule has 18 heavy (non-hydrogen) atoms. The van der Waals surface area contributed by atoms with Crippen LogP contribution in [0.5, 0.6) is 5.88 Å². The molecule has 8 heteroatoms. The van der Waals surface area contributed by atoms with Gasteiger partial charge < -0.3 is 15.6 Å². The second-order valence-corrected chi connectivity index (χ2v) is 3.53. The number of carboxylic acids is 1. The van der Waals surface area contributed by atoms with E-state index in [1.54, 1.807) is 0 Å². The number of hydrogen-bond donors (Lipinski definition) is 2. The highest BCUT2D eigenvalue weighted by atomic mass is 19.4. The number of rotatable bonds is 4. The summed E-state index contributed by atoms with van der Waals surface area (Å²) in [5, 5.41) is 8.59. The van der Waals surface area contributed by atoms with E-state index in [-0.39, 0.29) is 17.8 Å². The molecule has 0 atom stereocenters. The number of pyridine rings is 1. The molecule has 100 valence electrons. The fourth-order valence-corrected chi connectivity index (χ4v) is 1.36. The van der Waals surface area contributed by atoms with Gasteiger partial charge in [0, 0.05) is 12.1 Å². The fraction of sp³-hybridized carbons (Fsp3) is 0.400. The van der Waals surface area contributed by atoms with Gasteiger partial charge in [-0.05, 0) is 18.6 Å². The predicted octanol–water partition coefficient (Wildman–Crippen LogP) is 1.37. The van der Waals surface area contributed by atoms with Crippen molar-refractivity contribution in [3.8, 4) is 5.88 Å². The summed E-state index contributed by atoms with van der Waals surface area (Å²) < 4.78 is 40.2. The van der Waals surface area contributed by atoms with Gasteiger partial charge in [-0.25, -0.2) is 4.98 Å². The van der Waals surface area contributed by atoms with Crippen LogP contribution in [0, 0.1) is 6.92 Å². The molecule has 0 aliphatic rings. The van der Waals surface area contributed by atoms with Crippen LogP contribution in [0.4, 0.5) is 13.2 Å². The van der Waals surface area contributed by atoms with Crippen LogP contribution in [0.3, 0.4) is 0 Å². The van der Waals surface area contributed by atoms with Crippen molar-refractivity contribution in [2.45, 2.75) is 26.3 Å². The molecule has 0 bridgehead atoms. The zero-order valence-corrected chi connectivity index (χ0v) is 9.41. The SMILES string of the molecule is Cc1c(CN)cc(CC(=O)O)nc1OC(F)(F)F. The Bertz CT molecular complexity index is 460. The van der Waals surface area contributed by atoms with Gasteiger partial charge in [0.2, 0.25) is 5.88 Å². The summed E-state index contributed by atoms with van der Waals surface area (Å²) in [6, 6.07) is 1.35. The Morgan fingerprint density at radius 3 is 2.61 bits per heavy atom. The molecule has 1 aromatic rings. The number of nitrogens with zero attached hydrogens (tertiary/aromatic N) is 1. The lowest BCUT2D eigenvalue weighted by Crippen LogP contribution is -2.20. The van der Waals surface area contributed by atoms with E-state index < -0.39 is 24.6 Å². The molecular formula is C10H11F3N2O3. The van der Waals surface area contributed by atoms with E-state index in [2.05, 4.69) is 9.72 Å². The Hall–Kier alpha value is -1.83. The molecule has 5 nitrogen and oxygen atoms in total. The van der Waals surface area contributed by atoms with E-state index in [1.807, 2.05) is 0 Å². The number of aromatic nitrogens is 1. The van der Waals surface area contributed by atoms with E-state index in [4.69, 9.17) is 10.8 Å². The first-order chi connectivity index (χ1) is 8.23. The average molecular weight is 264 g/mol. The standard InChI is InChI=1S/C10H11F3N2O3/c1-5-6(4-14)2-7(3-8(16)17)15-9(5)18-10(11,12)13/h2H,3-4,14H2,1H3,(H,16,17). The molecule has 0 aliphatic carbocycles. The zero-order chi connectivity index (χ0) is 13.9. The van der Waals surface area contributed by atoms with Gasteiger partial charge in [-0.3, -0.25) is 4.79 Å². The van der Waals surface area contributed by atoms with Crippen LogP contribution in [0.2, 0.25) is 0 Å². The van der Waals surface area contributed by atoms with E-state index in [0.29, 0.717) is 5.56 Å². The monoisotopic (exact) mass is 264 g/mol. The Labute approximate surface area is 100 Å². The highest BCUT2D eigenvalue weighted by Gasteiger charge is 2.33. The maximum absolute atomic E-state index is 12.1.